The molecule has 0 aliphatic rings. The molecule has 0 unspecified atom stereocenters. The fourth-order valence-corrected chi connectivity index (χ4v) is 1.73. The van der Waals surface area contributed by atoms with Crippen LogP contribution >= 0.6 is 0 Å². The van der Waals surface area contributed by atoms with Crippen molar-refractivity contribution in [2.24, 2.45) is 0 Å². The van der Waals surface area contributed by atoms with Crippen LogP contribution in [0.3, 0.4) is 0 Å². The summed E-state index contributed by atoms with van der Waals surface area (Å²) in [4.78, 5) is 23.6. The van der Waals surface area contributed by atoms with Gasteiger partial charge >= 0.3 is 5.97 Å². The number of carbonyl (C=O) groups is 2. The van der Waals surface area contributed by atoms with Gasteiger partial charge in [-0.3, -0.25) is 9.59 Å². The highest BCUT2D eigenvalue weighted by atomic mass is 16.5. The van der Waals surface area contributed by atoms with E-state index in [1.807, 2.05) is 0 Å². The van der Waals surface area contributed by atoms with E-state index in [9.17, 15) is 9.59 Å². The monoisotopic (exact) mass is 279 g/mol. The fraction of sp³-hybridized carbons (Fsp3) is 0.467. The van der Waals surface area contributed by atoms with Gasteiger partial charge in [-0.25, -0.2) is 0 Å². The highest BCUT2D eigenvalue weighted by Crippen LogP contribution is 2.14. The first kappa shape index (κ1) is 16.0. The summed E-state index contributed by atoms with van der Waals surface area (Å²) in [6.45, 7) is 2.49. The van der Waals surface area contributed by atoms with Crippen molar-refractivity contribution in [2.45, 2.75) is 26.2 Å². The van der Waals surface area contributed by atoms with E-state index in [1.54, 1.807) is 24.3 Å². The molecule has 1 aromatic rings. The Labute approximate surface area is 119 Å². The van der Waals surface area contributed by atoms with Gasteiger partial charge in [-0.1, -0.05) is 19.8 Å². The molecule has 0 radical (unpaired) electrons. The Bertz CT molecular complexity index is 442. The number of nitrogens with zero attached hydrogens (tertiary/aromatic N) is 1. The molecular weight excluding hydrogens is 258 g/mol. The van der Waals surface area contributed by atoms with Crippen LogP contribution in [0.2, 0.25) is 0 Å². The number of unbranched alkanes of at least 4 members (excludes halogenated alkanes) is 2. The number of rotatable bonds is 8. The molecule has 0 aliphatic heterocycles. The minimum Gasteiger partial charge on any atom is -0.494 e. The van der Waals surface area contributed by atoms with Crippen molar-refractivity contribution < 1.29 is 19.4 Å². The smallest absolute Gasteiger partial charge is 0.323 e. The number of benzene rings is 1. The Morgan fingerprint density at radius 3 is 2.40 bits per heavy atom. The van der Waals surface area contributed by atoms with Crippen molar-refractivity contribution >= 4 is 11.9 Å². The minimum absolute atomic E-state index is 0.311. The number of ether oxygens (including phenoxy) is 1. The largest absolute Gasteiger partial charge is 0.494 e. The van der Waals surface area contributed by atoms with Crippen LogP contribution in [0.4, 0.5) is 0 Å². The molecule has 0 fully saturated rings. The summed E-state index contributed by atoms with van der Waals surface area (Å²) in [7, 11) is 1.46. The molecule has 0 bridgehead atoms. The van der Waals surface area contributed by atoms with Crippen molar-refractivity contribution in [3.05, 3.63) is 29.8 Å². The Morgan fingerprint density at radius 1 is 1.20 bits per heavy atom. The van der Waals surface area contributed by atoms with E-state index in [0.717, 1.165) is 25.0 Å². The molecule has 0 aromatic heterocycles. The molecule has 5 nitrogen and oxygen atoms in total. The van der Waals surface area contributed by atoms with Crippen molar-refractivity contribution in [1.82, 2.24) is 4.90 Å². The summed E-state index contributed by atoms with van der Waals surface area (Å²) in [6, 6.07) is 6.76. The quantitative estimate of drug-likeness (QED) is 0.742. The second-order valence-corrected chi connectivity index (χ2v) is 4.63. The summed E-state index contributed by atoms with van der Waals surface area (Å²) in [6.07, 6.45) is 3.29. The third-order valence-electron chi connectivity index (χ3n) is 2.84. The number of hydrogen-bond donors (Lipinski definition) is 1. The molecule has 1 amide bonds. The SMILES string of the molecule is CCCCCOc1ccc(C(=O)N(C)CC(=O)O)cc1. The van der Waals surface area contributed by atoms with Crippen LogP contribution < -0.4 is 4.74 Å². The highest BCUT2D eigenvalue weighted by Gasteiger charge is 2.14. The lowest BCUT2D eigenvalue weighted by molar-refractivity contribution is -0.137. The molecule has 1 rings (SSSR count). The maximum Gasteiger partial charge on any atom is 0.323 e. The summed E-state index contributed by atoms with van der Waals surface area (Å²) in [5, 5.41) is 8.65. The lowest BCUT2D eigenvalue weighted by Gasteiger charge is -2.14. The van der Waals surface area contributed by atoms with Gasteiger partial charge in [-0.2, -0.15) is 0 Å². The summed E-state index contributed by atoms with van der Waals surface area (Å²) < 4.78 is 5.55. The van der Waals surface area contributed by atoms with Gasteiger partial charge < -0.3 is 14.7 Å². The first-order valence-electron chi connectivity index (χ1n) is 6.74. The molecule has 0 saturated carbocycles. The van der Waals surface area contributed by atoms with Crippen LogP contribution in [0.5, 0.6) is 5.75 Å². The molecule has 0 aliphatic carbocycles. The number of carbonyl (C=O) groups excluding carboxylic acids is 1. The lowest BCUT2D eigenvalue weighted by atomic mass is 10.2. The molecule has 0 heterocycles. The molecule has 0 atom stereocenters. The van der Waals surface area contributed by atoms with Crippen LogP contribution in [-0.2, 0) is 4.79 Å². The van der Waals surface area contributed by atoms with Gasteiger partial charge in [0.05, 0.1) is 6.61 Å². The first-order valence-corrected chi connectivity index (χ1v) is 6.74. The number of carboxylic acid groups (broad SMARTS) is 1. The molecule has 1 aromatic carbocycles. The number of carboxylic acids is 1. The fourth-order valence-electron chi connectivity index (χ4n) is 1.73. The number of hydrogen-bond acceptors (Lipinski definition) is 3. The van der Waals surface area contributed by atoms with E-state index in [0.29, 0.717) is 12.2 Å². The van der Waals surface area contributed by atoms with E-state index in [-0.39, 0.29) is 12.5 Å². The van der Waals surface area contributed by atoms with E-state index in [4.69, 9.17) is 9.84 Å². The number of amides is 1. The molecule has 110 valence electrons. The van der Waals surface area contributed by atoms with Crippen LogP contribution in [0.15, 0.2) is 24.3 Å². The van der Waals surface area contributed by atoms with Gasteiger partial charge in [0.1, 0.15) is 12.3 Å². The van der Waals surface area contributed by atoms with E-state index in [2.05, 4.69) is 6.92 Å². The molecular formula is C15H21NO4. The lowest BCUT2D eigenvalue weighted by Crippen LogP contribution is -2.31. The Morgan fingerprint density at radius 2 is 1.85 bits per heavy atom. The second-order valence-electron chi connectivity index (χ2n) is 4.63. The topological polar surface area (TPSA) is 66.8 Å². The third-order valence-corrected chi connectivity index (χ3v) is 2.84. The molecule has 0 saturated heterocycles. The zero-order chi connectivity index (χ0) is 15.0. The van der Waals surface area contributed by atoms with Gasteiger partial charge in [-0.15, -0.1) is 0 Å². The summed E-state index contributed by atoms with van der Waals surface area (Å²) in [5.74, 6) is -0.625. The molecule has 1 N–H and O–H groups in total. The van der Waals surface area contributed by atoms with E-state index >= 15 is 0 Å². The van der Waals surface area contributed by atoms with Gasteiger partial charge in [-0.05, 0) is 30.7 Å². The second kappa shape index (κ2) is 8.19. The zero-order valence-electron chi connectivity index (χ0n) is 12.0. The first-order chi connectivity index (χ1) is 9.54. The van der Waals surface area contributed by atoms with Gasteiger partial charge in [0.25, 0.3) is 5.91 Å². The van der Waals surface area contributed by atoms with Crippen LogP contribution in [0, 0.1) is 0 Å². The van der Waals surface area contributed by atoms with Crippen LogP contribution in [0.25, 0.3) is 0 Å². The molecule has 20 heavy (non-hydrogen) atoms. The van der Waals surface area contributed by atoms with Crippen molar-refractivity contribution in [2.75, 3.05) is 20.2 Å². The Hall–Kier alpha value is -2.04. The predicted octanol–water partition coefficient (Wildman–Crippen LogP) is 2.41. The number of aliphatic carboxylic acids is 1. The predicted molar refractivity (Wildman–Crippen MR) is 76.1 cm³/mol. The van der Waals surface area contributed by atoms with Gasteiger partial charge in [0.2, 0.25) is 0 Å². The molecule has 5 heteroatoms. The molecule has 0 spiro atoms. The van der Waals surface area contributed by atoms with Crippen molar-refractivity contribution in [1.29, 1.82) is 0 Å². The average molecular weight is 279 g/mol. The average Bonchev–Trinajstić information content (AvgIpc) is 2.43. The van der Waals surface area contributed by atoms with Crippen molar-refractivity contribution in [3.63, 3.8) is 0 Å². The summed E-state index contributed by atoms with van der Waals surface area (Å²) >= 11 is 0. The Kier molecular flexibility index (Phi) is 6.56. The third kappa shape index (κ3) is 5.30. The van der Waals surface area contributed by atoms with Crippen molar-refractivity contribution in [3.8, 4) is 5.75 Å². The Balaban J connectivity index is 2.53. The maximum absolute atomic E-state index is 11.9. The van der Waals surface area contributed by atoms with E-state index < -0.39 is 5.97 Å². The normalized spacial score (nSPS) is 10.1. The highest BCUT2D eigenvalue weighted by molar-refractivity contribution is 5.95. The van der Waals surface area contributed by atoms with Crippen LogP contribution in [-0.4, -0.2) is 42.1 Å². The standard InChI is InChI=1S/C15H21NO4/c1-3-4-5-10-20-13-8-6-12(7-9-13)15(19)16(2)11-14(17)18/h6-9H,3-5,10-11H2,1-2H3,(H,17,18). The summed E-state index contributed by atoms with van der Waals surface area (Å²) in [5.41, 5.74) is 0.453. The van der Waals surface area contributed by atoms with Gasteiger partial charge in [0.15, 0.2) is 0 Å². The van der Waals surface area contributed by atoms with Crippen LogP contribution in [0.1, 0.15) is 36.5 Å². The minimum atomic E-state index is -1.03. The van der Waals surface area contributed by atoms with E-state index in [1.165, 1.54) is 11.9 Å². The maximum atomic E-state index is 11.9. The van der Waals surface area contributed by atoms with Gasteiger partial charge in [0, 0.05) is 12.6 Å². The zero-order valence-corrected chi connectivity index (χ0v) is 12.0. The number of likely N-dealkylation sites (N-methyl/N-ethyl adjacent to an activating group) is 1.